The van der Waals surface area contributed by atoms with Crippen LogP contribution in [-0.4, -0.2) is 10.9 Å². The zero-order chi connectivity index (χ0) is 11.4. The van der Waals surface area contributed by atoms with Gasteiger partial charge < -0.3 is 0 Å². The lowest BCUT2D eigenvalue weighted by atomic mass is 9.84. The Bertz CT molecular complexity index is 364. The highest BCUT2D eigenvalue weighted by molar-refractivity contribution is 7.10. The number of hydrogen-bond donors (Lipinski definition) is 0. The number of hydrogen-bond acceptors (Lipinski definition) is 2. The lowest BCUT2D eigenvalue weighted by Crippen LogP contribution is -2.10. The Balaban J connectivity index is 2.14. The summed E-state index contributed by atoms with van der Waals surface area (Å²) in [7, 11) is 0. The van der Waals surface area contributed by atoms with Crippen molar-refractivity contribution in [1.29, 1.82) is 0 Å². The van der Waals surface area contributed by atoms with Crippen molar-refractivity contribution in [2.75, 3.05) is 5.88 Å². The number of nitrogens with zero attached hydrogens (tertiary/aromatic N) is 1. The van der Waals surface area contributed by atoms with E-state index in [1.165, 1.54) is 42.6 Å². The van der Waals surface area contributed by atoms with Gasteiger partial charge in [-0.3, -0.25) is 0 Å². The summed E-state index contributed by atoms with van der Waals surface area (Å²) in [6.07, 6.45) is 9.02. The molecule has 1 heterocycles. The normalized spacial score (nSPS) is 19.0. The van der Waals surface area contributed by atoms with Gasteiger partial charge in [-0.2, -0.15) is 0 Å². The third-order valence-electron chi connectivity index (χ3n) is 3.38. The van der Waals surface area contributed by atoms with E-state index in [9.17, 15) is 0 Å². The van der Waals surface area contributed by atoms with Crippen LogP contribution in [0.25, 0.3) is 6.08 Å². The Morgan fingerprint density at radius 1 is 1.50 bits per heavy atom. The molecule has 0 saturated heterocycles. The second-order valence-corrected chi connectivity index (χ2v) is 5.64. The third kappa shape index (κ3) is 2.86. The second kappa shape index (κ2) is 5.83. The molecular formula is C13H18ClNS. The van der Waals surface area contributed by atoms with Crippen molar-refractivity contribution in [1.82, 2.24) is 4.98 Å². The Kier molecular flexibility index (Phi) is 4.42. The maximum absolute atomic E-state index is 6.09. The lowest BCUT2D eigenvalue weighted by molar-refractivity contribution is 0.405. The Morgan fingerprint density at radius 2 is 2.25 bits per heavy atom. The van der Waals surface area contributed by atoms with Crippen molar-refractivity contribution >= 4 is 29.0 Å². The minimum Gasteiger partial charge on any atom is -0.249 e. The smallest absolute Gasteiger partial charge is 0.0801 e. The van der Waals surface area contributed by atoms with Gasteiger partial charge in [-0.15, -0.1) is 22.9 Å². The fraction of sp³-hybridized carbons (Fsp3) is 0.615. The van der Waals surface area contributed by atoms with Crippen LogP contribution in [-0.2, 0) is 0 Å². The van der Waals surface area contributed by atoms with Crippen LogP contribution in [0.15, 0.2) is 11.1 Å². The van der Waals surface area contributed by atoms with E-state index >= 15 is 0 Å². The van der Waals surface area contributed by atoms with E-state index in [0.29, 0.717) is 11.8 Å². The molecule has 0 aliphatic heterocycles. The average molecular weight is 256 g/mol. The highest BCUT2D eigenvalue weighted by atomic mass is 35.5. The Hall–Kier alpha value is -0.340. The molecule has 1 aromatic heterocycles. The monoisotopic (exact) mass is 255 g/mol. The molecule has 1 aromatic rings. The fourth-order valence-corrected chi connectivity index (χ4v) is 3.42. The van der Waals surface area contributed by atoms with E-state index in [-0.39, 0.29) is 0 Å². The van der Waals surface area contributed by atoms with Gasteiger partial charge in [0.1, 0.15) is 0 Å². The number of aromatic nitrogens is 1. The number of aryl methyl sites for hydroxylation is 1. The number of rotatable bonds is 3. The summed E-state index contributed by atoms with van der Waals surface area (Å²) < 4.78 is 0. The van der Waals surface area contributed by atoms with Crippen molar-refractivity contribution < 1.29 is 0 Å². The quantitative estimate of drug-likeness (QED) is 0.717. The van der Waals surface area contributed by atoms with Crippen LogP contribution >= 0.6 is 22.9 Å². The molecule has 1 fully saturated rings. The van der Waals surface area contributed by atoms with Gasteiger partial charge in [0.05, 0.1) is 11.2 Å². The van der Waals surface area contributed by atoms with Gasteiger partial charge in [-0.1, -0.05) is 24.8 Å². The molecule has 0 N–H and O–H groups in total. The molecule has 2 rings (SSSR count). The second-order valence-electron chi connectivity index (χ2n) is 4.49. The van der Waals surface area contributed by atoms with E-state index in [1.807, 2.05) is 5.51 Å². The molecule has 0 aromatic carbocycles. The average Bonchev–Trinajstić information content (AvgIpc) is 2.73. The topological polar surface area (TPSA) is 12.9 Å². The molecule has 0 radical (unpaired) electrons. The predicted octanol–water partition coefficient (Wildman–Crippen LogP) is 4.65. The van der Waals surface area contributed by atoms with Crippen LogP contribution in [0.2, 0.25) is 0 Å². The molecule has 0 atom stereocenters. The Labute approximate surface area is 107 Å². The highest BCUT2D eigenvalue weighted by Gasteiger charge is 2.17. The van der Waals surface area contributed by atoms with Crippen LogP contribution in [0.4, 0.5) is 0 Å². The highest BCUT2D eigenvalue weighted by Crippen LogP contribution is 2.32. The minimum absolute atomic E-state index is 0.669. The van der Waals surface area contributed by atoms with Gasteiger partial charge in [0.25, 0.3) is 0 Å². The fourth-order valence-electron chi connectivity index (χ4n) is 2.36. The zero-order valence-corrected chi connectivity index (χ0v) is 11.3. The molecule has 0 bridgehead atoms. The maximum atomic E-state index is 6.09. The van der Waals surface area contributed by atoms with Crippen LogP contribution < -0.4 is 0 Å². The number of alkyl halides is 1. The van der Waals surface area contributed by atoms with Crippen LogP contribution in [0.3, 0.4) is 0 Å². The summed E-state index contributed by atoms with van der Waals surface area (Å²) in [5.74, 6) is 1.38. The molecule has 88 valence electrons. The predicted molar refractivity (Wildman–Crippen MR) is 72.1 cm³/mol. The van der Waals surface area contributed by atoms with Crippen LogP contribution in [0.1, 0.15) is 42.7 Å². The molecule has 0 unspecified atom stereocenters. The molecule has 0 spiro atoms. The minimum atomic E-state index is 0.669. The molecule has 1 saturated carbocycles. The summed E-state index contributed by atoms with van der Waals surface area (Å²) >= 11 is 7.80. The number of thiazole rings is 1. The summed E-state index contributed by atoms with van der Waals surface area (Å²) in [5.41, 5.74) is 4.45. The van der Waals surface area contributed by atoms with Crippen molar-refractivity contribution in [2.24, 2.45) is 5.92 Å². The number of allylic oxidation sites excluding steroid dienone is 1. The molecule has 0 amide bonds. The van der Waals surface area contributed by atoms with Crippen LogP contribution in [0, 0.1) is 12.8 Å². The zero-order valence-electron chi connectivity index (χ0n) is 9.71. The first-order valence-corrected chi connectivity index (χ1v) is 7.39. The molecule has 3 heteroatoms. The Morgan fingerprint density at radius 3 is 2.81 bits per heavy atom. The molecular weight excluding hydrogens is 238 g/mol. The van der Waals surface area contributed by atoms with Gasteiger partial charge >= 0.3 is 0 Å². The van der Waals surface area contributed by atoms with Gasteiger partial charge in [0.15, 0.2) is 0 Å². The van der Waals surface area contributed by atoms with Gasteiger partial charge in [-0.05, 0) is 31.8 Å². The van der Waals surface area contributed by atoms with E-state index in [1.54, 1.807) is 11.3 Å². The van der Waals surface area contributed by atoms with E-state index in [4.69, 9.17) is 11.6 Å². The number of halogens is 1. The summed E-state index contributed by atoms with van der Waals surface area (Å²) in [4.78, 5) is 5.56. The standard InChI is InChI=1S/C13H18ClNS/c1-10-13(16-9-15-10)7-12(8-14)11-5-3-2-4-6-11/h7,9,11H,2-6,8H2,1H3. The van der Waals surface area contributed by atoms with E-state index in [0.717, 1.165) is 5.69 Å². The van der Waals surface area contributed by atoms with Gasteiger partial charge in [0, 0.05) is 10.8 Å². The first kappa shape index (κ1) is 12.1. The molecule has 1 aliphatic rings. The first-order chi connectivity index (χ1) is 7.81. The van der Waals surface area contributed by atoms with Crippen molar-refractivity contribution in [3.63, 3.8) is 0 Å². The summed E-state index contributed by atoms with van der Waals surface area (Å²) in [6.45, 7) is 2.06. The van der Waals surface area contributed by atoms with E-state index < -0.39 is 0 Å². The SMILES string of the molecule is Cc1ncsc1C=C(CCl)C1CCCCC1. The molecule has 16 heavy (non-hydrogen) atoms. The lowest BCUT2D eigenvalue weighted by Gasteiger charge is -2.23. The maximum Gasteiger partial charge on any atom is 0.0801 e. The van der Waals surface area contributed by atoms with Gasteiger partial charge in [-0.25, -0.2) is 4.98 Å². The summed E-state index contributed by atoms with van der Waals surface area (Å²) in [6, 6.07) is 0. The van der Waals surface area contributed by atoms with E-state index in [2.05, 4.69) is 18.0 Å². The molecule has 1 aliphatic carbocycles. The summed E-state index contributed by atoms with van der Waals surface area (Å²) in [5, 5.41) is 0. The first-order valence-electron chi connectivity index (χ1n) is 5.97. The third-order valence-corrected chi connectivity index (χ3v) is 4.57. The largest absolute Gasteiger partial charge is 0.249 e. The van der Waals surface area contributed by atoms with Crippen LogP contribution in [0.5, 0.6) is 0 Å². The van der Waals surface area contributed by atoms with Crippen molar-refractivity contribution in [3.8, 4) is 0 Å². The van der Waals surface area contributed by atoms with Crippen molar-refractivity contribution in [2.45, 2.75) is 39.0 Å². The van der Waals surface area contributed by atoms with Crippen molar-refractivity contribution in [3.05, 3.63) is 21.7 Å². The van der Waals surface area contributed by atoms with Gasteiger partial charge in [0.2, 0.25) is 0 Å². The molecule has 1 nitrogen and oxygen atoms in total.